The molecule has 0 atom stereocenters. The van der Waals surface area contributed by atoms with Crippen LogP contribution in [0.3, 0.4) is 0 Å². The molecule has 110 valence electrons. The van der Waals surface area contributed by atoms with Crippen LogP contribution in [0, 0.1) is 5.41 Å². The zero-order chi connectivity index (χ0) is 14.6. The summed E-state index contributed by atoms with van der Waals surface area (Å²) in [6.45, 7) is 9.63. The van der Waals surface area contributed by atoms with E-state index in [1.54, 1.807) is 11.3 Å². The van der Waals surface area contributed by atoms with Crippen molar-refractivity contribution in [2.75, 3.05) is 19.6 Å². The van der Waals surface area contributed by atoms with Crippen molar-refractivity contribution in [1.82, 2.24) is 15.1 Å². The molecular weight excluding hydrogens is 272 g/mol. The lowest BCUT2D eigenvalue weighted by Crippen LogP contribution is -2.38. The number of hydrogen-bond donors (Lipinski definition) is 1. The number of thiophene rings is 1. The van der Waals surface area contributed by atoms with Crippen LogP contribution < -0.4 is 5.73 Å². The minimum Gasteiger partial charge on any atom is -0.419 e. The number of rotatable bonds is 7. The summed E-state index contributed by atoms with van der Waals surface area (Å²) in [5, 5.41) is 10.2. The standard InChI is InChI=1S/C14H22N4OS/c1-4-18(10-14(2,3)9-15)8-12-16-17-13(19-12)11-6-5-7-20-11/h5-7H,4,8-10,15H2,1-3H3. The minimum absolute atomic E-state index is 0.0899. The number of aromatic nitrogens is 2. The highest BCUT2D eigenvalue weighted by molar-refractivity contribution is 7.13. The molecule has 2 N–H and O–H groups in total. The van der Waals surface area contributed by atoms with Gasteiger partial charge in [-0.3, -0.25) is 4.90 Å². The van der Waals surface area contributed by atoms with Crippen molar-refractivity contribution < 1.29 is 4.42 Å². The molecule has 0 amide bonds. The van der Waals surface area contributed by atoms with Crippen molar-refractivity contribution in [3.8, 4) is 10.8 Å². The second-order valence-corrected chi connectivity index (χ2v) is 6.60. The molecule has 0 saturated heterocycles. The molecule has 0 fully saturated rings. The van der Waals surface area contributed by atoms with Gasteiger partial charge in [-0.2, -0.15) is 0 Å². The summed E-state index contributed by atoms with van der Waals surface area (Å²) in [4.78, 5) is 3.28. The Morgan fingerprint density at radius 3 is 2.80 bits per heavy atom. The molecule has 5 nitrogen and oxygen atoms in total. The van der Waals surface area contributed by atoms with Crippen molar-refractivity contribution >= 4 is 11.3 Å². The Bertz CT molecular complexity index is 521. The maximum absolute atomic E-state index is 5.79. The highest BCUT2D eigenvalue weighted by Gasteiger charge is 2.21. The molecule has 0 bridgehead atoms. The Hall–Kier alpha value is -1.24. The molecule has 0 saturated carbocycles. The summed E-state index contributed by atoms with van der Waals surface area (Å²) in [7, 11) is 0. The molecule has 0 aliphatic carbocycles. The maximum atomic E-state index is 5.79. The molecule has 0 aliphatic heterocycles. The van der Waals surface area contributed by atoms with Crippen molar-refractivity contribution in [3.05, 3.63) is 23.4 Å². The van der Waals surface area contributed by atoms with Crippen LogP contribution in [-0.2, 0) is 6.54 Å². The van der Waals surface area contributed by atoms with E-state index in [1.807, 2.05) is 17.5 Å². The van der Waals surface area contributed by atoms with Crippen LogP contribution in [0.15, 0.2) is 21.9 Å². The lowest BCUT2D eigenvalue weighted by atomic mass is 9.93. The predicted molar refractivity (Wildman–Crippen MR) is 81.4 cm³/mol. The Kier molecular flexibility index (Phi) is 4.91. The molecule has 2 heterocycles. The highest BCUT2D eigenvalue weighted by Crippen LogP contribution is 2.23. The molecule has 6 heteroatoms. The molecule has 20 heavy (non-hydrogen) atoms. The first-order chi connectivity index (χ1) is 9.54. The van der Waals surface area contributed by atoms with E-state index in [0.29, 0.717) is 24.9 Å². The first-order valence-electron chi connectivity index (χ1n) is 6.83. The van der Waals surface area contributed by atoms with Crippen molar-refractivity contribution in [2.45, 2.75) is 27.3 Å². The van der Waals surface area contributed by atoms with Gasteiger partial charge in [0.1, 0.15) is 0 Å². The van der Waals surface area contributed by atoms with Crippen LogP contribution in [0.5, 0.6) is 0 Å². The van der Waals surface area contributed by atoms with E-state index in [-0.39, 0.29) is 5.41 Å². The summed E-state index contributed by atoms with van der Waals surface area (Å²) in [5.41, 5.74) is 5.88. The van der Waals surface area contributed by atoms with Gasteiger partial charge in [-0.25, -0.2) is 0 Å². The second kappa shape index (κ2) is 6.47. The zero-order valence-corrected chi connectivity index (χ0v) is 13.1. The summed E-state index contributed by atoms with van der Waals surface area (Å²) >= 11 is 1.60. The SMILES string of the molecule is CCN(Cc1nnc(-c2cccs2)o1)CC(C)(C)CN. The summed E-state index contributed by atoms with van der Waals surface area (Å²) < 4.78 is 5.72. The summed E-state index contributed by atoms with van der Waals surface area (Å²) in [6.07, 6.45) is 0. The Morgan fingerprint density at radius 1 is 1.40 bits per heavy atom. The Balaban J connectivity index is 2.01. The second-order valence-electron chi connectivity index (χ2n) is 5.65. The van der Waals surface area contributed by atoms with Gasteiger partial charge < -0.3 is 10.2 Å². The van der Waals surface area contributed by atoms with E-state index in [1.165, 1.54) is 0 Å². The fourth-order valence-electron chi connectivity index (χ4n) is 1.96. The van der Waals surface area contributed by atoms with Crippen LogP contribution in [-0.4, -0.2) is 34.7 Å². The highest BCUT2D eigenvalue weighted by atomic mass is 32.1. The average molecular weight is 294 g/mol. The number of nitrogens with zero attached hydrogens (tertiary/aromatic N) is 3. The van der Waals surface area contributed by atoms with E-state index in [2.05, 4.69) is 35.9 Å². The first kappa shape index (κ1) is 15.2. The van der Waals surface area contributed by atoms with Gasteiger partial charge >= 0.3 is 0 Å². The van der Waals surface area contributed by atoms with Crippen LogP contribution in [0.4, 0.5) is 0 Å². The van der Waals surface area contributed by atoms with E-state index in [0.717, 1.165) is 18.0 Å². The van der Waals surface area contributed by atoms with E-state index in [9.17, 15) is 0 Å². The van der Waals surface area contributed by atoms with E-state index >= 15 is 0 Å². The quantitative estimate of drug-likeness (QED) is 0.850. The number of hydrogen-bond acceptors (Lipinski definition) is 6. The summed E-state index contributed by atoms with van der Waals surface area (Å²) in [6, 6.07) is 3.96. The van der Waals surface area contributed by atoms with Gasteiger partial charge in [0, 0.05) is 6.54 Å². The van der Waals surface area contributed by atoms with Gasteiger partial charge in [0.25, 0.3) is 5.89 Å². The maximum Gasteiger partial charge on any atom is 0.257 e. The fraction of sp³-hybridized carbons (Fsp3) is 0.571. The lowest BCUT2D eigenvalue weighted by Gasteiger charge is -2.29. The lowest BCUT2D eigenvalue weighted by molar-refractivity contribution is 0.170. The van der Waals surface area contributed by atoms with Gasteiger partial charge in [-0.1, -0.05) is 26.8 Å². The van der Waals surface area contributed by atoms with Gasteiger partial charge in [-0.05, 0) is 30.0 Å². The van der Waals surface area contributed by atoms with E-state index in [4.69, 9.17) is 10.2 Å². The Morgan fingerprint density at radius 2 is 2.20 bits per heavy atom. The third-order valence-corrected chi connectivity index (χ3v) is 4.07. The fourth-order valence-corrected chi connectivity index (χ4v) is 2.60. The van der Waals surface area contributed by atoms with Gasteiger partial charge in [-0.15, -0.1) is 21.5 Å². The molecule has 0 aromatic carbocycles. The largest absolute Gasteiger partial charge is 0.419 e. The van der Waals surface area contributed by atoms with Crippen LogP contribution >= 0.6 is 11.3 Å². The average Bonchev–Trinajstić information content (AvgIpc) is 3.08. The van der Waals surface area contributed by atoms with E-state index < -0.39 is 0 Å². The Labute approximate surface area is 123 Å². The smallest absolute Gasteiger partial charge is 0.257 e. The molecule has 0 aliphatic rings. The van der Waals surface area contributed by atoms with Crippen LogP contribution in [0.1, 0.15) is 26.7 Å². The van der Waals surface area contributed by atoms with Crippen molar-refractivity contribution in [2.24, 2.45) is 11.1 Å². The molecule has 2 aromatic rings. The number of nitrogens with two attached hydrogens (primary N) is 1. The first-order valence-corrected chi connectivity index (χ1v) is 7.70. The molecule has 2 aromatic heterocycles. The van der Waals surface area contributed by atoms with Crippen molar-refractivity contribution in [1.29, 1.82) is 0 Å². The molecule has 0 radical (unpaired) electrons. The third kappa shape index (κ3) is 3.88. The van der Waals surface area contributed by atoms with Crippen LogP contribution in [0.25, 0.3) is 10.8 Å². The minimum atomic E-state index is 0.0899. The van der Waals surface area contributed by atoms with Crippen LogP contribution in [0.2, 0.25) is 0 Å². The predicted octanol–water partition coefficient (Wildman–Crippen LogP) is 2.60. The zero-order valence-electron chi connectivity index (χ0n) is 12.3. The molecule has 2 rings (SSSR count). The topological polar surface area (TPSA) is 68.2 Å². The summed E-state index contributed by atoms with van der Waals surface area (Å²) in [5.74, 6) is 1.26. The van der Waals surface area contributed by atoms with Gasteiger partial charge in [0.05, 0.1) is 11.4 Å². The molecule has 0 unspecified atom stereocenters. The molecule has 0 spiro atoms. The van der Waals surface area contributed by atoms with Gasteiger partial charge in [0.2, 0.25) is 5.89 Å². The van der Waals surface area contributed by atoms with Gasteiger partial charge in [0.15, 0.2) is 0 Å². The monoisotopic (exact) mass is 294 g/mol. The normalized spacial score (nSPS) is 12.2. The van der Waals surface area contributed by atoms with Crippen molar-refractivity contribution in [3.63, 3.8) is 0 Å². The molecular formula is C14H22N4OS. The third-order valence-electron chi connectivity index (χ3n) is 3.21.